The largest absolute Gasteiger partial charge is 0.495 e. The Morgan fingerprint density at radius 2 is 2.17 bits per heavy atom. The summed E-state index contributed by atoms with van der Waals surface area (Å²) in [6.45, 7) is 1.47. The van der Waals surface area contributed by atoms with E-state index in [1.165, 1.54) is 38.4 Å². The Morgan fingerprint density at radius 3 is 2.80 bits per heavy atom. The van der Waals surface area contributed by atoms with Crippen LogP contribution in [-0.2, 0) is 16.7 Å². The molecule has 158 valence electrons. The third kappa shape index (κ3) is 3.28. The van der Waals surface area contributed by atoms with Crippen LogP contribution in [0.4, 0.5) is 13.2 Å². The van der Waals surface area contributed by atoms with Crippen molar-refractivity contribution in [3.63, 3.8) is 0 Å². The quantitative estimate of drug-likeness (QED) is 0.727. The van der Waals surface area contributed by atoms with E-state index in [4.69, 9.17) is 15.2 Å². The van der Waals surface area contributed by atoms with Gasteiger partial charge >= 0.3 is 0 Å². The highest BCUT2D eigenvalue weighted by Gasteiger charge is 2.64. The maximum atomic E-state index is 15.0. The third-order valence-corrected chi connectivity index (χ3v) is 5.57. The first kappa shape index (κ1) is 20.2. The summed E-state index contributed by atoms with van der Waals surface area (Å²) in [7, 11) is 1.48. The molecule has 1 fully saturated rings. The maximum absolute atomic E-state index is 15.0. The highest BCUT2D eigenvalue weighted by molar-refractivity contribution is 5.95. The second-order valence-corrected chi connectivity index (χ2v) is 7.53. The third-order valence-electron chi connectivity index (χ3n) is 5.57. The molecule has 0 bridgehead atoms. The molecule has 9 heteroatoms. The normalized spacial score (nSPS) is 24.7. The number of aromatic nitrogens is 1. The van der Waals surface area contributed by atoms with Crippen LogP contribution < -0.4 is 10.5 Å². The number of aryl methyl sites for hydroxylation is 1. The van der Waals surface area contributed by atoms with Crippen LogP contribution in [0.25, 0.3) is 0 Å². The molecule has 0 spiro atoms. The number of pyridine rings is 1. The SMILES string of the molecule is COc1ccc(C(=O)Cc2cc(C)c(F)c([C@@]3(C(F)F)N=C(N)O[C@@H]4C[C@@H]43)c2)nc1. The number of methoxy groups -OCH3 is 1. The van der Waals surface area contributed by atoms with Gasteiger partial charge in [-0.3, -0.25) is 4.79 Å². The molecule has 1 saturated carbocycles. The Balaban J connectivity index is 1.72. The number of carbonyl (C=O) groups is 1. The second-order valence-electron chi connectivity index (χ2n) is 7.53. The molecule has 6 nitrogen and oxygen atoms in total. The number of halogens is 3. The minimum absolute atomic E-state index is 0.128. The lowest BCUT2D eigenvalue weighted by Gasteiger charge is -2.33. The van der Waals surface area contributed by atoms with Gasteiger partial charge < -0.3 is 15.2 Å². The molecule has 2 heterocycles. The van der Waals surface area contributed by atoms with Crippen LogP contribution >= 0.6 is 0 Å². The lowest BCUT2D eigenvalue weighted by molar-refractivity contribution is 0.0175. The summed E-state index contributed by atoms with van der Waals surface area (Å²) in [5.41, 5.74) is 3.95. The Kier molecular flexibility index (Phi) is 4.91. The minimum Gasteiger partial charge on any atom is -0.495 e. The first-order valence-electron chi connectivity index (χ1n) is 9.39. The fraction of sp³-hybridized carbons (Fsp3) is 0.381. The average molecular weight is 419 g/mol. The van der Waals surface area contributed by atoms with Crippen LogP contribution in [-0.4, -0.2) is 36.4 Å². The number of amidine groups is 1. The zero-order valence-electron chi connectivity index (χ0n) is 16.4. The van der Waals surface area contributed by atoms with E-state index in [-0.39, 0.29) is 35.0 Å². The summed E-state index contributed by atoms with van der Waals surface area (Å²) in [4.78, 5) is 20.5. The van der Waals surface area contributed by atoms with E-state index in [2.05, 4.69) is 9.98 Å². The van der Waals surface area contributed by atoms with Crippen LogP contribution in [0.5, 0.6) is 5.75 Å². The fourth-order valence-electron chi connectivity index (χ4n) is 3.98. The Morgan fingerprint density at radius 1 is 1.40 bits per heavy atom. The summed E-state index contributed by atoms with van der Waals surface area (Å²) in [6, 6.07) is 5.48. The van der Waals surface area contributed by atoms with Gasteiger partial charge in [0.2, 0.25) is 0 Å². The number of aliphatic imine (C=N–C) groups is 1. The molecule has 30 heavy (non-hydrogen) atoms. The van der Waals surface area contributed by atoms with Crippen molar-refractivity contribution < 1.29 is 27.4 Å². The topological polar surface area (TPSA) is 86.8 Å². The molecule has 0 saturated heterocycles. The van der Waals surface area contributed by atoms with E-state index >= 15 is 4.39 Å². The minimum atomic E-state index is -2.99. The Hall–Kier alpha value is -3.10. The number of Topliss-reactive ketones (excluding diaryl/α,β-unsaturated/α-hetero) is 1. The number of hydrogen-bond donors (Lipinski definition) is 1. The number of nitrogens with zero attached hydrogens (tertiary/aromatic N) is 2. The molecule has 2 N–H and O–H groups in total. The molecule has 2 aliphatic rings. The molecule has 4 rings (SSSR count). The van der Waals surface area contributed by atoms with E-state index in [1.54, 1.807) is 6.07 Å². The van der Waals surface area contributed by atoms with Gasteiger partial charge in [-0.25, -0.2) is 23.1 Å². The van der Waals surface area contributed by atoms with E-state index in [9.17, 15) is 13.6 Å². The number of fused-ring (bicyclic) bond motifs is 1. The monoisotopic (exact) mass is 419 g/mol. The Bertz CT molecular complexity index is 1030. The predicted octanol–water partition coefficient (Wildman–Crippen LogP) is 3.16. The molecule has 1 aromatic heterocycles. The molecular formula is C21H20F3N3O3. The van der Waals surface area contributed by atoms with Gasteiger partial charge in [0.05, 0.1) is 13.3 Å². The lowest BCUT2D eigenvalue weighted by atomic mass is 9.82. The molecule has 3 atom stereocenters. The molecule has 1 aliphatic heterocycles. The zero-order chi connectivity index (χ0) is 21.6. The van der Waals surface area contributed by atoms with Crippen molar-refractivity contribution in [3.8, 4) is 5.75 Å². The molecular weight excluding hydrogens is 399 g/mol. The highest BCUT2D eigenvalue weighted by atomic mass is 19.3. The van der Waals surface area contributed by atoms with Gasteiger partial charge in [-0.1, -0.05) is 6.07 Å². The number of benzene rings is 1. The van der Waals surface area contributed by atoms with E-state index < -0.39 is 29.8 Å². The second kappa shape index (κ2) is 7.30. The van der Waals surface area contributed by atoms with Crippen LogP contribution in [0.1, 0.15) is 33.6 Å². The smallest absolute Gasteiger partial charge is 0.283 e. The lowest BCUT2D eigenvalue weighted by Crippen LogP contribution is -2.43. The van der Waals surface area contributed by atoms with Crippen molar-refractivity contribution in [3.05, 3.63) is 58.7 Å². The van der Waals surface area contributed by atoms with Crippen molar-refractivity contribution in [2.24, 2.45) is 16.6 Å². The Labute approximate surface area is 170 Å². The number of hydrogen-bond acceptors (Lipinski definition) is 6. The number of nitrogens with two attached hydrogens (primary N) is 1. The summed E-state index contributed by atoms with van der Waals surface area (Å²) in [5, 5.41) is 0. The maximum Gasteiger partial charge on any atom is 0.283 e. The van der Waals surface area contributed by atoms with Gasteiger partial charge in [-0.05, 0) is 42.7 Å². The average Bonchev–Trinajstić information content (AvgIpc) is 3.49. The number of carbonyl (C=O) groups excluding carboxylic acids is 1. The van der Waals surface area contributed by atoms with Gasteiger partial charge in [0.25, 0.3) is 12.4 Å². The number of ketones is 1. The molecule has 0 radical (unpaired) electrons. The highest BCUT2D eigenvalue weighted by Crippen LogP contribution is 2.56. The molecule has 0 unspecified atom stereocenters. The van der Waals surface area contributed by atoms with Crippen LogP contribution in [0.3, 0.4) is 0 Å². The van der Waals surface area contributed by atoms with Crippen molar-refractivity contribution >= 4 is 11.8 Å². The van der Waals surface area contributed by atoms with Crippen molar-refractivity contribution in [1.82, 2.24) is 4.98 Å². The van der Waals surface area contributed by atoms with Crippen LogP contribution in [0.2, 0.25) is 0 Å². The van der Waals surface area contributed by atoms with Gasteiger partial charge in [-0.15, -0.1) is 0 Å². The predicted molar refractivity (Wildman–Crippen MR) is 102 cm³/mol. The van der Waals surface area contributed by atoms with Crippen molar-refractivity contribution in [1.29, 1.82) is 0 Å². The zero-order valence-corrected chi connectivity index (χ0v) is 16.4. The number of rotatable bonds is 6. The summed E-state index contributed by atoms with van der Waals surface area (Å²) < 4.78 is 53.8. The van der Waals surface area contributed by atoms with Crippen LogP contribution in [0, 0.1) is 18.7 Å². The van der Waals surface area contributed by atoms with Crippen LogP contribution in [0.15, 0.2) is 35.5 Å². The van der Waals surface area contributed by atoms with E-state index in [0.29, 0.717) is 17.7 Å². The molecule has 1 aliphatic carbocycles. The van der Waals surface area contributed by atoms with Gasteiger partial charge in [0, 0.05) is 17.9 Å². The fourth-order valence-corrected chi connectivity index (χ4v) is 3.98. The standard InChI is InChI=1S/C21H20F3N3O3/c1-10-5-11(7-16(28)15-4-3-12(29-2)9-26-15)6-14(18(10)22)21(19(23)24)13-8-17(13)30-20(25)27-21/h3-6,9,13,17,19H,7-8H2,1-2H3,(H2,25,27)/t13-,17+,21-/m0/s1. The number of ether oxygens (including phenoxy) is 2. The van der Waals surface area contributed by atoms with Crippen molar-refractivity contribution in [2.75, 3.05) is 7.11 Å². The summed E-state index contributed by atoms with van der Waals surface area (Å²) in [5.74, 6) is -1.29. The van der Waals surface area contributed by atoms with Gasteiger partial charge in [-0.2, -0.15) is 0 Å². The van der Waals surface area contributed by atoms with E-state index in [0.717, 1.165) is 0 Å². The van der Waals surface area contributed by atoms with E-state index in [1.807, 2.05) is 0 Å². The van der Waals surface area contributed by atoms with Gasteiger partial charge in [0.1, 0.15) is 23.4 Å². The molecule has 2 aromatic rings. The summed E-state index contributed by atoms with van der Waals surface area (Å²) >= 11 is 0. The molecule has 1 aromatic carbocycles. The van der Waals surface area contributed by atoms with Gasteiger partial charge in [0.15, 0.2) is 11.3 Å². The molecule has 0 amide bonds. The number of alkyl halides is 2. The first-order chi connectivity index (χ1) is 14.3. The van der Waals surface area contributed by atoms with Crippen molar-refractivity contribution in [2.45, 2.75) is 37.8 Å². The summed E-state index contributed by atoms with van der Waals surface area (Å²) in [6.07, 6.45) is -1.90. The first-order valence-corrected chi connectivity index (χ1v) is 9.39.